The van der Waals surface area contributed by atoms with Crippen molar-refractivity contribution in [1.82, 2.24) is 15.4 Å². The number of aryl methyl sites for hydroxylation is 1. The lowest BCUT2D eigenvalue weighted by Gasteiger charge is -2.26. The molecule has 5 heteroatoms. The molecule has 3 rings (SSSR count). The number of hydrazine groups is 1. The number of aromatic nitrogens is 1. The fourth-order valence-electron chi connectivity index (χ4n) is 3.54. The zero-order valence-corrected chi connectivity index (χ0v) is 13.4. The van der Waals surface area contributed by atoms with Crippen LogP contribution in [0.3, 0.4) is 0 Å². The van der Waals surface area contributed by atoms with Gasteiger partial charge in [0, 0.05) is 23.3 Å². The summed E-state index contributed by atoms with van der Waals surface area (Å²) in [7, 11) is 0. The van der Waals surface area contributed by atoms with Gasteiger partial charge in [0.1, 0.15) is 0 Å². The number of hydrogen-bond donors (Lipinski definition) is 2. The first-order chi connectivity index (χ1) is 10.6. The number of carbonyl (C=O) groups excluding carboxylic acids is 2. The third kappa shape index (κ3) is 3.03. The van der Waals surface area contributed by atoms with Crippen LogP contribution >= 0.6 is 0 Å². The summed E-state index contributed by atoms with van der Waals surface area (Å²) < 4.78 is 2.30. The first kappa shape index (κ1) is 15.1. The van der Waals surface area contributed by atoms with Crippen LogP contribution in [-0.2, 0) is 4.79 Å². The van der Waals surface area contributed by atoms with Gasteiger partial charge in [-0.1, -0.05) is 19.3 Å². The molecule has 0 spiro atoms. The summed E-state index contributed by atoms with van der Waals surface area (Å²) in [4.78, 5) is 23.9. The Hall–Kier alpha value is -1.78. The molecule has 0 bridgehead atoms. The van der Waals surface area contributed by atoms with Crippen LogP contribution in [0.15, 0.2) is 6.07 Å². The SMILES string of the molecule is Cc1cc(C(=O)NNC(=O)C2CC2)c(C)n1C1CCCCC1. The van der Waals surface area contributed by atoms with Gasteiger partial charge in [0.15, 0.2) is 0 Å². The van der Waals surface area contributed by atoms with Gasteiger partial charge in [-0.25, -0.2) is 0 Å². The molecule has 1 aromatic heterocycles. The van der Waals surface area contributed by atoms with Crippen LogP contribution in [0.2, 0.25) is 0 Å². The molecule has 0 aromatic carbocycles. The van der Waals surface area contributed by atoms with E-state index in [1.807, 2.05) is 13.0 Å². The first-order valence-electron chi connectivity index (χ1n) is 8.36. The van der Waals surface area contributed by atoms with Crippen LogP contribution in [0.25, 0.3) is 0 Å². The van der Waals surface area contributed by atoms with Gasteiger partial charge in [-0.15, -0.1) is 0 Å². The summed E-state index contributed by atoms with van der Waals surface area (Å²) in [5, 5.41) is 0. The average Bonchev–Trinajstić information content (AvgIpc) is 3.32. The maximum absolute atomic E-state index is 12.3. The first-order valence-corrected chi connectivity index (χ1v) is 8.36. The van der Waals surface area contributed by atoms with Gasteiger partial charge in [0.05, 0.1) is 5.56 Å². The molecule has 2 saturated carbocycles. The third-order valence-electron chi connectivity index (χ3n) is 4.92. The van der Waals surface area contributed by atoms with Crippen molar-refractivity contribution in [2.24, 2.45) is 5.92 Å². The van der Waals surface area contributed by atoms with Crippen molar-refractivity contribution in [1.29, 1.82) is 0 Å². The summed E-state index contributed by atoms with van der Waals surface area (Å²) in [6.07, 6.45) is 8.08. The van der Waals surface area contributed by atoms with Gasteiger partial charge in [0.2, 0.25) is 5.91 Å². The summed E-state index contributed by atoms with van der Waals surface area (Å²) in [5.41, 5.74) is 7.88. The Kier molecular flexibility index (Phi) is 4.23. The predicted molar refractivity (Wildman–Crippen MR) is 84.4 cm³/mol. The fraction of sp³-hybridized carbons (Fsp3) is 0.647. The number of hydrogen-bond acceptors (Lipinski definition) is 2. The van der Waals surface area contributed by atoms with Crippen molar-refractivity contribution in [2.75, 3.05) is 0 Å². The lowest BCUT2D eigenvalue weighted by atomic mass is 9.95. The highest BCUT2D eigenvalue weighted by Gasteiger charge is 2.30. The molecule has 0 aliphatic heterocycles. The minimum absolute atomic E-state index is 0.0746. The summed E-state index contributed by atoms with van der Waals surface area (Å²) in [5.74, 6) is -0.200. The zero-order chi connectivity index (χ0) is 15.7. The Morgan fingerprint density at radius 3 is 2.36 bits per heavy atom. The molecule has 5 nitrogen and oxygen atoms in total. The van der Waals surface area contributed by atoms with Crippen molar-refractivity contribution in [3.8, 4) is 0 Å². The fourth-order valence-corrected chi connectivity index (χ4v) is 3.54. The van der Waals surface area contributed by atoms with Gasteiger partial charge in [-0.2, -0.15) is 0 Å². The normalized spacial score (nSPS) is 19.0. The van der Waals surface area contributed by atoms with Crippen molar-refractivity contribution in [3.63, 3.8) is 0 Å². The Bertz CT molecular complexity index is 581. The molecule has 22 heavy (non-hydrogen) atoms. The number of carbonyl (C=O) groups is 2. The Balaban J connectivity index is 1.70. The Morgan fingerprint density at radius 2 is 1.73 bits per heavy atom. The minimum Gasteiger partial charge on any atom is -0.345 e. The van der Waals surface area contributed by atoms with Crippen LogP contribution in [0.5, 0.6) is 0 Å². The van der Waals surface area contributed by atoms with E-state index < -0.39 is 0 Å². The quantitative estimate of drug-likeness (QED) is 0.843. The van der Waals surface area contributed by atoms with Crippen LogP contribution in [0.1, 0.15) is 72.7 Å². The van der Waals surface area contributed by atoms with Gasteiger partial charge in [-0.3, -0.25) is 20.4 Å². The van der Waals surface area contributed by atoms with Crippen LogP contribution in [-0.4, -0.2) is 16.4 Å². The van der Waals surface area contributed by atoms with E-state index in [2.05, 4.69) is 22.3 Å². The second kappa shape index (κ2) is 6.15. The lowest BCUT2D eigenvalue weighted by Crippen LogP contribution is -2.42. The molecule has 1 aromatic rings. The van der Waals surface area contributed by atoms with E-state index in [4.69, 9.17) is 0 Å². The minimum atomic E-state index is -0.218. The van der Waals surface area contributed by atoms with Crippen molar-refractivity contribution >= 4 is 11.8 Å². The van der Waals surface area contributed by atoms with Crippen LogP contribution in [0.4, 0.5) is 0 Å². The van der Waals surface area contributed by atoms with Gasteiger partial charge in [0.25, 0.3) is 5.91 Å². The van der Waals surface area contributed by atoms with E-state index in [9.17, 15) is 9.59 Å². The molecule has 2 fully saturated rings. The molecule has 120 valence electrons. The standard InChI is InChI=1S/C17H25N3O2/c1-11-10-15(17(22)19-18-16(21)13-8-9-13)12(2)20(11)14-6-4-3-5-7-14/h10,13-14H,3-9H2,1-2H3,(H,18,21)(H,19,22). The van der Waals surface area contributed by atoms with Crippen molar-refractivity contribution in [2.45, 2.75) is 64.8 Å². The zero-order valence-electron chi connectivity index (χ0n) is 13.4. The summed E-state index contributed by atoms with van der Waals surface area (Å²) in [6, 6.07) is 2.44. The monoisotopic (exact) mass is 303 g/mol. The second-order valence-electron chi connectivity index (χ2n) is 6.66. The topological polar surface area (TPSA) is 63.1 Å². The molecule has 0 atom stereocenters. The Morgan fingerprint density at radius 1 is 1.05 bits per heavy atom. The van der Waals surface area contributed by atoms with Gasteiger partial charge in [-0.05, 0) is 45.6 Å². The summed E-state index contributed by atoms with van der Waals surface area (Å²) in [6.45, 7) is 4.06. The van der Waals surface area contributed by atoms with E-state index in [1.54, 1.807) is 0 Å². The molecule has 0 radical (unpaired) electrons. The van der Waals surface area contributed by atoms with Gasteiger partial charge < -0.3 is 4.57 Å². The van der Waals surface area contributed by atoms with Crippen molar-refractivity contribution in [3.05, 3.63) is 23.0 Å². The van der Waals surface area contributed by atoms with E-state index in [-0.39, 0.29) is 17.7 Å². The third-order valence-corrected chi connectivity index (χ3v) is 4.92. The van der Waals surface area contributed by atoms with E-state index >= 15 is 0 Å². The van der Waals surface area contributed by atoms with Crippen LogP contribution in [0, 0.1) is 19.8 Å². The highest BCUT2D eigenvalue weighted by molar-refractivity contribution is 5.97. The highest BCUT2D eigenvalue weighted by Crippen LogP contribution is 2.32. The average molecular weight is 303 g/mol. The van der Waals surface area contributed by atoms with E-state index in [0.29, 0.717) is 11.6 Å². The molecular formula is C17H25N3O2. The maximum atomic E-state index is 12.3. The molecule has 0 unspecified atom stereocenters. The van der Waals surface area contributed by atoms with Gasteiger partial charge >= 0.3 is 0 Å². The maximum Gasteiger partial charge on any atom is 0.271 e. The summed E-state index contributed by atoms with van der Waals surface area (Å²) >= 11 is 0. The highest BCUT2D eigenvalue weighted by atomic mass is 16.2. The molecule has 0 saturated heterocycles. The number of nitrogens with one attached hydrogen (secondary N) is 2. The number of amides is 2. The largest absolute Gasteiger partial charge is 0.345 e. The molecule has 2 aliphatic rings. The molecule has 2 N–H and O–H groups in total. The number of rotatable bonds is 3. The predicted octanol–water partition coefficient (Wildman–Crippen LogP) is 2.78. The molecule has 1 heterocycles. The Labute approximate surface area is 131 Å². The van der Waals surface area contributed by atoms with Crippen LogP contribution < -0.4 is 10.9 Å². The van der Waals surface area contributed by atoms with E-state index in [1.165, 1.54) is 32.1 Å². The lowest BCUT2D eigenvalue weighted by molar-refractivity contribution is -0.123. The molecule has 2 amide bonds. The second-order valence-corrected chi connectivity index (χ2v) is 6.66. The molecule has 2 aliphatic carbocycles. The molecular weight excluding hydrogens is 278 g/mol. The van der Waals surface area contributed by atoms with Crippen molar-refractivity contribution < 1.29 is 9.59 Å². The smallest absolute Gasteiger partial charge is 0.271 e. The number of nitrogens with zero attached hydrogens (tertiary/aromatic N) is 1. The van der Waals surface area contributed by atoms with E-state index in [0.717, 1.165) is 24.2 Å².